The summed E-state index contributed by atoms with van der Waals surface area (Å²) in [5.74, 6) is 0.401. The predicted octanol–water partition coefficient (Wildman–Crippen LogP) is 2.87. The van der Waals surface area contributed by atoms with Gasteiger partial charge in [0, 0.05) is 25.6 Å². The third-order valence-corrected chi connectivity index (χ3v) is 3.49. The lowest BCUT2D eigenvalue weighted by atomic mass is 10.2. The maximum absolute atomic E-state index is 12.1. The van der Waals surface area contributed by atoms with Crippen LogP contribution in [0.3, 0.4) is 0 Å². The van der Waals surface area contributed by atoms with Gasteiger partial charge >= 0.3 is 0 Å². The quantitative estimate of drug-likeness (QED) is 0.851. The Morgan fingerprint density at radius 2 is 1.71 bits per heavy atom. The number of hydrogen-bond donors (Lipinski definition) is 1. The van der Waals surface area contributed by atoms with Gasteiger partial charge in [-0.25, -0.2) is 0 Å². The largest absolute Gasteiger partial charge is 0.492 e. The van der Waals surface area contributed by atoms with Crippen LogP contribution in [-0.4, -0.2) is 31.5 Å². The molecule has 5 heteroatoms. The first kappa shape index (κ1) is 17.5. The number of anilines is 1. The van der Waals surface area contributed by atoms with Gasteiger partial charge < -0.3 is 15.0 Å². The Morgan fingerprint density at radius 3 is 2.38 bits per heavy atom. The van der Waals surface area contributed by atoms with Crippen LogP contribution >= 0.6 is 0 Å². The Balaban J connectivity index is 2.02. The number of carbonyl (C=O) groups is 2. The minimum Gasteiger partial charge on any atom is -0.492 e. The second kappa shape index (κ2) is 8.72. The molecule has 5 nitrogen and oxygen atoms in total. The topological polar surface area (TPSA) is 58.6 Å². The van der Waals surface area contributed by atoms with Gasteiger partial charge in [0.15, 0.2) is 0 Å². The Bertz CT molecular complexity index is 686. The SMILES string of the molecule is CCOc1ccccc1N(CCNC(=O)c1ccccc1)C(C)=O. The van der Waals surface area contributed by atoms with Crippen LogP contribution in [0.1, 0.15) is 24.2 Å². The first-order valence-corrected chi connectivity index (χ1v) is 7.96. The van der Waals surface area contributed by atoms with Gasteiger partial charge in [-0.3, -0.25) is 9.59 Å². The number of amides is 2. The number of ether oxygens (including phenoxy) is 1. The lowest BCUT2D eigenvalue weighted by Crippen LogP contribution is -2.37. The van der Waals surface area contributed by atoms with Crippen molar-refractivity contribution in [3.8, 4) is 5.75 Å². The van der Waals surface area contributed by atoms with E-state index in [4.69, 9.17) is 4.74 Å². The molecule has 0 aromatic heterocycles. The number of nitrogens with one attached hydrogen (secondary N) is 1. The highest BCUT2D eigenvalue weighted by Gasteiger charge is 2.16. The molecular formula is C19H22N2O3. The summed E-state index contributed by atoms with van der Waals surface area (Å²) < 4.78 is 5.58. The van der Waals surface area contributed by atoms with Gasteiger partial charge in [0.25, 0.3) is 5.91 Å². The second-order valence-electron chi connectivity index (χ2n) is 5.19. The summed E-state index contributed by atoms with van der Waals surface area (Å²) >= 11 is 0. The van der Waals surface area contributed by atoms with E-state index in [2.05, 4.69) is 5.32 Å². The molecule has 0 bridgehead atoms. The van der Waals surface area contributed by atoms with E-state index in [0.717, 1.165) is 0 Å². The molecule has 1 N–H and O–H groups in total. The van der Waals surface area contributed by atoms with Crippen molar-refractivity contribution in [2.75, 3.05) is 24.6 Å². The van der Waals surface area contributed by atoms with Crippen LogP contribution in [0.5, 0.6) is 5.75 Å². The molecule has 0 aliphatic heterocycles. The van der Waals surface area contributed by atoms with Crippen LogP contribution in [0.25, 0.3) is 0 Å². The van der Waals surface area contributed by atoms with Gasteiger partial charge in [-0.2, -0.15) is 0 Å². The molecule has 0 saturated carbocycles. The number of benzene rings is 2. The maximum Gasteiger partial charge on any atom is 0.251 e. The molecule has 0 radical (unpaired) electrons. The van der Waals surface area contributed by atoms with E-state index < -0.39 is 0 Å². The molecule has 0 atom stereocenters. The van der Waals surface area contributed by atoms with Crippen molar-refractivity contribution in [2.45, 2.75) is 13.8 Å². The standard InChI is InChI=1S/C19H22N2O3/c1-3-24-18-12-8-7-11-17(18)21(15(2)22)14-13-20-19(23)16-9-5-4-6-10-16/h4-12H,3,13-14H2,1-2H3,(H,20,23). The summed E-state index contributed by atoms with van der Waals surface area (Å²) in [6.45, 7) is 4.65. The maximum atomic E-state index is 12.1. The molecule has 2 amide bonds. The van der Waals surface area contributed by atoms with E-state index in [9.17, 15) is 9.59 Å². The molecular weight excluding hydrogens is 304 g/mol. The minimum absolute atomic E-state index is 0.101. The Labute approximate surface area is 142 Å². The van der Waals surface area contributed by atoms with Crippen LogP contribution < -0.4 is 15.0 Å². The second-order valence-corrected chi connectivity index (χ2v) is 5.19. The number of rotatable bonds is 7. The van der Waals surface area contributed by atoms with E-state index in [1.807, 2.05) is 49.4 Å². The normalized spacial score (nSPS) is 10.1. The molecule has 0 aliphatic carbocycles. The summed E-state index contributed by atoms with van der Waals surface area (Å²) in [5.41, 5.74) is 1.31. The molecule has 24 heavy (non-hydrogen) atoms. The average Bonchev–Trinajstić information content (AvgIpc) is 2.60. The zero-order valence-electron chi connectivity index (χ0n) is 14.0. The number of nitrogens with zero attached hydrogens (tertiary/aromatic N) is 1. The summed E-state index contributed by atoms with van der Waals surface area (Å²) in [6.07, 6.45) is 0. The summed E-state index contributed by atoms with van der Waals surface area (Å²) in [4.78, 5) is 25.7. The average molecular weight is 326 g/mol. The summed E-state index contributed by atoms with van der Waals surface area (Å²) in [7, 11) is 0. The van der Waals surface area contributed by atoms with Gasteiger partial charge in [-0.05, 0) is 31.2 Å². The smallest absolute Gasteiger partial charge is 0.251 e. The van der Waals surface area contributed by atoms with Gasteiger partial charge in [0.1, 0.15) is 5.75 Å². The first-order valence-electron chi connectivity index (χ1n) is 7.96. The van der Waals surface area contributed by atoms with Crippen molar-refractivity contribution in [3.63, 3.8) is 0 Å². The van der Waals surface area contributed by atoms with Crippen LogP contribution in [0.4, 0.5) is 5.69 Å². The molecule has 2 aromatic carbocycles. The third kappa shape index (κ3) is 4.59. The van der Waals surface area contributed by atoms with Crippen molar-refractivity contribution >= 4 is 17.5 Å². The van der Waals surface area contributed by atoms with E-state index >= 15 is 0 Å². The van der Waals surface area contributed by atoms with Crippen LogP contribution in [0.15, 0.2) is 54.6 Å². The van der Waals surface area contributed by atoms with Gasteiger partial charge in [-0.1, -0.05) is 30.3 Å². The van der Waals surface area contributed by atoms with Crippen molar-refractivity contribution in [1.82, 2.24) is 5.32 Å². The third-order valence-electron chi connectivity index (χ3n) is 3.49. The monoisotopic (exact) mass is 326 g/mol. The fourth-order valence-corrected chi connectivity index (χ4v) is 2.38. The Kier molecular flexibility index (Phi) is 6.37. The molecule has 0 unspecified atom stereocenters. The van der Waals surface area contributed by atoms with Crippen LogP contribution in [0.2, 0.25) is 0 Å². The lowest BCUT2D eigenvalue weighted by molar-refractivity contribution is -0.116. The zero-order valence-corrected chi connectivity index (χ0v) is 14.0. The van der Waals surface area contributed by atoms with E-state index in [1.54, 1.807) is 17.0 Å². The van der Waals surface area contributed by atoms with Gasteiger partial charge in [-0.15, -0.1) is 0 Å². The number of para-hydroxylation sites is 2. The molecule has 2 aromatic rings. The Morgan fingerprint density at radius 1 is 1.04 bits per heavy atom. The molecule has 126 valence electrons. The van der Waals surface area contributed by atoms with Gasteiger partial charge in [0.2, 0.25) is 5.91 Å². The molecule has 0 saturated heterocycles. The molecule has 0 fully saturated rings. The molecule has 0 aliphatic rings. The minimum atomic E-state index is -0.155. The van der Waals surface area contributed by atoms with Gasteiger partial charge in [0.05, 0.1) is 12.3 Å². The summed E-state index contributed by atoms with van der Waals surface area (Å²) in [5, 5.41) is 2.83. The summed E-state index contributed by atoms with van der Waals surface area (Å²) in [6, 6.07) is 16.4. The van der Waals surface area contributed by atoms with Crippen molar-refractivity contribution in [3.05, 3.63) is 60.2 Å². The Hall–Kier alpha value is -2.82. The lowest BCUT2D eigenvalue weighted by Gasteiger charge is -2.23. The van der Waals surface area contributed by atoms with E-state index in [-0.39, 0.29) is 11.8 Å². The van der Waals surface area contributed by atoms with Crippen molar-refractivity contribution < 1.29 is 14.3 Å². The van der Waals surface area contributed by atoms with Crippen LogP contribution in [0, 0.1) is 0 Å². The highest BCUT2D eigenvalue weighted by atomic mass is 16.5. The fraction of sp³-hybridized carbons (Fsp3) is 0.263. The van der Waals surface area contributed by atoms with Crippen LogP contribution in [-0.2, 0) is 4.79 Å². The predicted molar refractivity (Wildman–Crippen MR) is 94.4 cm³/mol. The molecule has 0 spiro atoms. The number of hydrogen-bond acceptors (Lipinski definition) is 3. The highest BCUT2D eigenvalue weighted by Crippen LogP contribution is 2.27. The highest BCUT2D eigenvalue weighted by molar-refractivity contribution is 5.95. The van der Waals surface area contributed by atoms with E-state index in [0.29, 0.717) is 36.7 Å². The molecule has 0 heterocycles. The van der Waals surface area contributed by atoms with E-state index in [1.165, 1.54) is 6.92 Å². The van der Waals surface area contributed by atoms with Crippen molar-refractivity contribution in [2.24, 2.45) is 0 Å². The van der Waals surface area contributed by atoms with Crippen molar-refractivity contribution in [1.29, 1.82) is 0 Å². The molecule has 2 rings (SSSR count). The zero-order chi connectivity index (χ0) is 17.4. The first-order chi connectivity index (χ1) is 11.6. The fourth-order valence-electron chi connectivity index (χ4n) is 2.38. The number of carbonyl (C=O) groups excluding carboxylic acids is 2.